The SMILES string of the molecule is CCc1coc2cnc(C(C)O)cc12. The van der Waals surface area contributed by atoms with Crippen LogP contribution in [0.3, 0.4) is 0 Å². The first-order chi connectivity index (χ1) is 6.72. The van der Waals surface area contributed by atoms with Crippen LogP contribution in [0, 0.1) is 0 Å². The Kier molecular flexibility index (Phi) is 2.25. The third kappa shape index (κ3) is 1.40. The van der Waals surface area contributed by atoms with Crippen molar-refractivity contribution in [3.63, 3.8) is 0 Å². The normalized spacial score (nSPS) is 13.4. The summed E-state index contributed by atoms with van der Waals surface area (Å²) >= 11 is 0. The molecule has 0 amide bonds. The Labute approximate surface area is 82.4 Å². The van der Waals surface area contributed by atoms with Crippen LogP contribution >= 0.6 is 0 Å². The van der Waals surface area contributed by atoms with Crippen LogP contribution in [0.2, 0.25) is 0 Å². The van der Waals surface area contributed by atoms with Gasteiger partial charge in [-0.25, -0.2) is 0 Å². The van der Waals surface area contributed by atoms with Gasteiger partial charge in [-0.15, -0.1) is 0 Å². The molecule has 14 heavy (non-hydrogen) atoms. The average molecular weight is 191 g/mol. The Balaban J connectivity index is 2.61. The summed E-state index contributed by atoms with van der Waals surface area (Å²) in [7, 11) is 0. The molecule has 3 nitrogen and oxygen atoms in total. The van der Waals surface area contributed by atoms with Crippen LogP contribution in [0.25, 0.3) is 11.0 Å². The van der Waals surface area contributed by atoms with E-state index in [4.69, 9.17) is 4.42 Å². The van der Waals surface area contributed by atoms with Crippen LogP contribution in [0.5, 0.6) is 0 Å². The summed E-state index contributed by atoms with van der Waals surface area (Å²) in [5.74, 6) is 0. The van der Waals surface area contributed by atoms with Crippen molar-refractivity contribution in [3.05, 3.63) is 29.8 Å². The third-order valence-electron chi connectivity index (χ3n) is 2.37. The van der Waals surface area contributed by atoms with Gasteiger partial charge in [-0.05, 0) is 25.0 Å². The van der Waals surface area contributed by atoms with E-state index in [1.165, 1.54) is 0 Å². The van der Waals surface area contributed by atoms with E-state index >= 15 is 0 Å². The maximum atomic E-state index is 9.39. The van der Waals surface area contributed by atoms with Crippen molar-refractivity contribution in [1.29, 1.82) is 0 Å². The molecule has 1 unspecified atom stereocenters. The molecule has 0 saturated heterocycles. The molecule has 0 aliphatic rings. The van der Waals surface area contributed by atoms with Crippen molar-refractivity contribution in [2.45, 2.75) is 26.4 Å². The minimum Gasteiger partial charge on any atom is -0.462 e. The summed E-state index contributed by atoms with van der Waals surface area (Å²) in [6, 6.07) is 1.89. The Bertz CT molecular complexity index is 445. The highest BCUT2D eigenvalue weighted by molar-refractivity contribution is 5.80. The smallest absolute Gasteiger partial charge is 0.152 e. The summed E-state index contributed by atoms with van der Waals surface area (Å²) in [5, 5.41) is 10.4. The molecule has 0 saturated carbocycles. The predicted molar refractivity (Wildman–Crippen MR) is 54.0 cm³/mol. The van der Waals surface area contributed by atoms with Crippen molar-refractivity contribution < 1.29 is 9.52 Å². The van der Waals surface area contributed by atoms with Gasteiger partial charge in [-0.2, -0.15) is 0 Å². The van der Waals surface area contributed by atoms with Crippen LogP contribution in [-0.2, 0) is 6.42 Å². The first-order valence-corrected chi connectivity index (χ1v) is 4.76. The number of rotatable bonds is 2. The van der Waals surface area contributed by atoms with E-state index in [9.17, 15) is 5.11 Å². The zero-order valence-corrected chi connectivity index (χ0v) is 8.32. The molecule has 0 fully saturated rings. The predicted octanol–water partition coefficient (Wildman–Crippen LogP) is 2.44. The molecule has 0 aliphatic carbocycles. The molecular formula is C11H13NO2. The zero-order chi connectivity index (χ0) is 10.1. The molecule has 0 aliphatic heterocycles. The van der Waals surface area contributed by atoms with E-state index in [1.807, 2.05) is 6.07 Å². The molecule has 74 valence electrons. The maximum Gasteiger partial charge on any atom is 0.152 e. The second-order valence-corrected chi connectivity index (χ2v) is 3.40. The summed E-state index contributed by atoms with van der Waals surface area (Å²) < 4.78 is 5.33. The number of furan rings is 1. The van der Waals surface area contributed by atoms with E-state index < -0.39 is 6.10 Å². The van der Waals surface area contributed by atoms with Crippen LogP contribution in [0.15, 0.2) is 22.9 Å². The summed E-state index contributed by atoms with van der Waals surface area (Å²) in [5.41, 5.74) is 2.63. The highest BCUT2D eigenvalue weighted by Crippen LogP contribution is 2.23. The Morgan fingerprint density at radius 3 is 3.00 bits per heavy atom. The number of aliphatic hydroxyl groups excluding tert-OH is 1. The van der Waals surface area contributed by atoms with E-state index in [0.29, 0.717) is 5.69 Å². The highest BCUT2D eigenvalue weighted by Gasteiger charge is 2.08. The number of hydrogen-bond acceptors (Lipinski definition) is 3. The molecule has 1 N–H and O–H groups in total. The molecule has 2 aromatic heterocycles. The van der Waals surface area contributed by atoms with Crippen LogP contribution in [0.1, 0.15) is 31.2 Å². The van der Waals surface area contributed by atoms with Crippen LogP contribution < -0.4 is 0 Å². The Morgan fingerprint density at radius 1 is 1.57 bits per heavy atom. The fourth-order valence-electron chi connectivity index (χ4n) is 1.50. The summed E-state index contributed by atoms with van der Waals surface area (Å²) in [6.45, 7) is 3.78. The summed E-state index contributed by atoms with van der Waals surface area (Å²) in [6.07, 6.45) is 3.81. The molecule has 2 rings (SSSR count). The molecule has 0 aromatic carbocycles. The first-order valence-electron chi connectivity index (χ1n) is 4.76. The van der Waals surface area contributed by atoms with Crippen molar-refractivity contribution in [2.75, 3.05) is 0 Å². The van der Waals surface area contributed by atoms with Crippen molar-refractivity contribution in [2.24, 2.45) is 0 Å². The quantitative estimate of drug-likeness (QED) is 0.793. The van der Waals surface area contributed by atoms with Gasteiger partial charge in [-0.1, -0.05) is 6.92 Å². The van der Waals surface area contributed by atoms with Gasteiger partial charge in [0.1, 0.15) is 0 Å². The van der Waals surface area contributed by atoms with Gasteiger partial charge in [0.25, 0.3) is 0 Å². The molecule has 1 atom stereocenters. The van der Waals surface area contributed by atoms with Crippen molar-refractivity contribution in [1.82, 2.24) is 4.98 Å². The van der Waals surface area contributed by atoms with Gasteiger partial charge in [0.2, 0.25) is 0 Å². The first kappa shape index (κ1) is 9.21. The minimum absolute atomic E-state index is 0.529. The van der Waals surface area contributed by atoms with E-state index in [1.54, 1.807) is 19.4 Å². The fourth-order valence-corrected chi connectivity index (χ4v) is 1.50. The Morgan fingerprint density at radius 2 is 2.36 bits per heavy atom. The molecule has 3 heteroatoms. The van der Waals surface area contributed by atoms with Gasteiger partial charge in [-0.3, -0.25) is 4.98 Å². The minimum atomic E-state index is -0.529. The zero-order valence-electron chi connectivity index (χ0n) is 8.32. The van der Waals surface area contributed by atoms with Gasteiger partial charge in [0.05, 0.1) is 24.3 Å². The van der Waals surface area contributed by atoms with Gasteiger partial charge >= 0.3 is 0 Å². The molecule has 2 aromatic rings. The monoisotopic (exact) mass is 191 g/mol. The van der Waals surface area contributed by atoms with E-state index in [-0.39, 0.29) is 0 Å². The average Bonchev–Trinajstić information content (AvgIpc) is 2.59. The molecule has 0 spiro atoms. The van der Waals surface area contributed by atoms with Crippen molar-refractivity contribution >= 4 is 11.0 Å². The van der Waals surface area contributed by atoms with E-state index in [2.05, 4.69) is 11.9 Å². The maximum absolute atomic E-state index is 9.39. The molecule has 0 bridgehead atoms. The number of fused-ring (bicyclic) bond motifs is 1. The van der Waals surface area contributed by atoms with Crippen LogP contribution in [0.4, 0.5) is 0 Å². The van der Waals surface area contributed by atoms with Crippen molar-refractivity contribution in [3.8, 4) is 0 Å². The Hall–Kier alpha value is -1.35. The van der Waals surface area contributed by atoms with Gasteiger partial charge in [0.15, 0.2) is 5.58 Å². The van der Waals surface area contributed by atoms with E-state index in [0.717, 1.165) is 23.0 Å². The number of pyridine rings is 1. The number of aryl methyl sites for hydroxylation is 1. The van der Waals surface area contributed by atoms with Gasteiger partial charge < -0.3 is 9.52 Å². The lowest BCUT2D eigenvalue weighted by atomic mass is 10.1. The lowest BCUT2D eigenvalue weighted by molar-refractivity contribution is 0.194. The van der Waals surface area contributed by atoms with Crippen LogP contribution in [-0.4, -0.2) is 10.1 Å². The van der Waals surface area contributed by atoms with Gasteiger partial charge in [0, 0.05) is 5.39 Å². The lowest BCUT2D eigenvalue weighted by Gasteiger charge is -2.02. The molecular weight excluding hydrogens is 178 g/mol. The second kappa shape index (κ2) is 3.42. The fraction of sp³-hybridized carbons (Fsp3) is 0.364. The largest absolute Gasteiger partial charge is 0.462 e. The third-order valence-corrected chi connectivity index (χ3v) is 2.37. The number of nitrogens with zero attached hydrogens (tertiary/aromatic N) is 1. The summed E-state index contributed by atoms with van der Waals surface area (Å²) in [4.78, 5) is 4.11. The second-order valence-electron chi connectivity index (χ2n) is 3.40. The molecule has 2 heterocycles. The number of aromatic nitrogens is 1. The topological polar surface area (TPSA) is 46.3 Å². The number of aliphatic hydroxyl groups is 1. The standard InChI is InChI=1S/C11H13NO2/c1-3-8-6-14-11-5-12-10(7(2)13)4-9(8)11/h4-7,13H,3H2,1-2H3. The number of hydrogen-bond donors (Lipinski definition) is 1. The molecule has 0 radical (unpaired) electrons. The highest BCUT2D eigenvalue weighted by atomic mass is 16.3. The lowest BCUT2D eigenvalue weighted by Crippen LogP contribution is -1.94.